The number of nitrogens with one attached hydrogen (secondary N) is 2. The summed E-state index contributed by atoms with van der Waals surface area (Å²) in [5.74, 6) is -1.75. The van der Waals surface area contributed by atoms with Crippen LogP contribution in [0.2, 0.25) is 0 Å². The SMILES string of the molecule is O=C(N[C@H](CCO)C(=O)O)c1cnc[nH]1. The van der Waals surface area contributed by atoms with Gasteiger partial charge in [-0.3, -0.25) is 4.79 Å². The first-order chi connectivity index (χ1) is 7.15. The Hall–Kier alpha value is -1.89. The monoisotopic (exact) mass is 213 g/mol. The van der Waals surface area contributed by atoms with Crippen LogP contribution >= 0.6 is 0 Å². The van der Waals surface area contributed by atoms with Crippen LogP contribution in [0.15, 0.2) is 12.5 Å². The van der Waals surface area contributed by atoms with Gasteiger partial charge in [0.25, 0.3) is 5.91 Å². The van der Waals surface area contributed by atoms with Crippen molar-refractivity contribution in [1.82, 2.24) is 15.3 Å². The van der Waals surface area contributed by atoms with Crippen molar-refractivity contribution in [1.29, 1.82) is 0 Å². The number of nitrogens with zero attached hydrogens (tertiary/aromatic N) is 1. The molecule has 0 unspecified atom stereocenters. The molecule has 0 bridgehead atoms. The average molecular weight is 213 g/mol. The van der Waals surface area contributed by atoms with Gasteiger partial charge in [0, 0.05) is 13.0 Å². The number of aromatic nitrogens is 2. The number of aliphatic hydroxyl groups is 1. The Morgan fingerprint density at radius 1 is 1.60 bits per heavy atom. The number of H-pyrrole nitrogens is 1. The Morgan fingerprint density at radius 2 is 2.33 bits per heavy atom. The number of aromatic amines is 1. The van der Waals surface area contributed by atoms with Gasteiger partial charge >= 0.3 is 5.97 Å². The zero-order valence-electron chi connectivity index (χ0n) is 7.80. The molecule has 4 N–H and O–H groups in total. The maximum absolute atomic E-state index is 11.4. The summed E-state index contributed by atoms with van der Waals surface area (Å²) in [4.78, 5) is 28.2. The topological polar surface area (TPSA) is 115 Å². The molecule has 0 aliphatic heterocycles. The zero-order valence-corrected chi connectivity index (χ0v) is 7.80. The highest BCUT2D eigenvalue weighted by Crippen LogP contribution is 1.96. The second kappa shape index (κ2) is 5.11. The number of hydrogen-bond donors (Lipinski definition) is 4. The van der Waals surface area contributed by atoms with Crippen molar-refractivity contribution in [2.45, 2.75) is 12.5 Å². The number of imidazole rings is 1. The van der Waals surface area contributed by atoms with Gasteiger partial charge in [0.15, 0.2) is 0 Å². The van der Waals surface area contributed by atoms with E-state index in [1.807, 2.05) is 0 Å². The number of carboxylic acid groups (broad SMARTS) is 1. The molecule has 82 valence electrons. The van der Waals surface area contributed by atoms with Crippen molar-refractivity contribution >= 4 is 11.9 Å². The molecule has 7 heteroatoms. The summed E-state index contributed by atoms with van der Waals surface area (Å²) in [5, 5.41) is 19.5. The molecule has 0 saturated carbocycles. The van der Waals surface area contributed by atoms with Crippen LogP contribution in [0.25, 0.3) is 0 Å². The Kier molecular flexibility index (Phi) is 3.81. The van der Waals surface area contributed by atoms with Crippen LogP contribution in [0.3, 0.4) is 0 Å². The van der Waals surface area contributed by atoms with E-state index in [0.717, 1.165) is 0 Å². The van der Waals surface area contributed by atoms with E-state index in [-0.39, 0.29) is 18.7 Å². The lowest BCUT2D eigenvalue weighted by molar-refractivity contribution is -0.139. The van der Waals surface area contributed by atoms with E-state index in [0.29, 0.717) is 0 Å². The van der Waals surface area contributed by atoms with E-state index >= 15 is 0 Å². The molecule has 7 nitrogen and oxygen atoms in total. The van der Waals surface area contributed by atoms with Crippen molar-refractivity contribution in [3.8, 4) is 0 Å². The molecule has 0 fully saturated rings. The van der Waals surface area contributed by atoms with Crippen molar-refractivity contribution in [3.05, 3.63) is 18.2 Å². The number of carbonyl (C=O) groups excluding carboxylic acids is 1. The van der Waals surface area contributed by atoms with Crippen LogP contribution in [-0.2, 0) is 4.79 Å². The molecule has 0 aliphatic rings. The molecule has 1 rings (SSSR count). The highest BCUT2D eigenvalue weighted by atomic mass is 16.4. The molecule has 0 aromatic carbocycles. The average Bonchev–Trinajstić information content (AvgIpc) is 2.69. The summed E-state index contributed by atoms with van der Waals surface area (Å²) in [6, 6.07) is -1.09. The molecule has 1 atom stereocenters. The first kappa shape index (κ1) is 11.2. The van der Waals surface area contributed by atoms with Crippen LogP contribution in [0.4, 0.5) is 0 Å². The second-order valence-corrected chi connectivity index (χ2v) is 2.84. The van der Waals surface area contributed by atoms with Crippen molar-refractivity contribution in [3.63, 3.8) is 0 Å². The molecule has 1 aromatic rings. The zero-order chi connectivity index (χ0) is 11.3. The van der Waals surface area contributed by atoms with Gasteiger partial charge in [-0.15, -0.1) is 0 Å². The van der Waals surface area contributed by atoms with Crippen molar-refractivity contribution < 1.29 is 19.8 Å². The molecule has 0 radical (unpaired) electrons. The molecule has 15 heavy (non-hydrogen) atoms. The largest absolute Gasteiger partial charge is 0.480 e. The van der Waals surface area contributed by atoms with E-state index in [9.17, 15) is 9.59 Å². The van der Waals surface area contributed by atoms with Crippen LogP contribution in [-0.4, -0.2) is 44.7 Å². The summed E-state index contributed by atoms with van der Waals surface area (Å²) in [7, 11) is 0. The van der Waals surface area contributed by atoms with Gasteiger partial charge < -0.3 is 20.5 Å². The number of rotatable bonds is 5. The van der Waals surface area contributed by atoms with E-state index in [1.54, 1.807) is 0 Å². The van der Waals surface area contributed by atoms with E-state index < -0.39 is 17.9 Å². The maximum Gasteiger partial charge on any atom is 0.326 e. The fourth-order valence-electron chi connectivity index (χ4n) is 1.00. The molecular formula is C8H11N3O4. The molecule has 1 heterocycles. The van der Waals surface area contributed by atoms with E-state index in [2.05, 4.69) is 15.3 Å². The number of carbonyl (C=O) groups is 2. The summed E-state index contributed by atoms with van der Waals surface area (Å²) >= 11 is 0. The Labute approximate surface area is 85.1 Å². The minimum atomic E-state index is -1.18. The first-order valence-corrected chi connectivity index (χ1v) is 4.28. The van der Waals surface area contributed by atoms with Crippen LogP contribution in [0.5, 0.6) is 0 Å². The lowest BCUT2D eigenvalue weighted by Crippen LogP contribution is -2.41. The van der Waals surface area contributed by atoms with Gasteiger partial charge in [0.2, 0.25) is 0 Å². The number of aliphatic hydroxyl groups excluding tert-OH is 1. The third-order valence-electron chi connectivity index (χ3n) is 1.76. The van der Waals surface area contributed by atoms with Gasteiger partial charge in [-0.25, -0.2) is 9.78 Å². The number of hydrogen-bond acceptors (Lipinski definition) is 4. The highest BCUT2D eigenvalue weighted by molar-refractivity contribution is 5.94. The Bertz CT molecular complexity index is 336. The summed E-state index contributed by atoms with van der Waals surface area (Å²) in [6.07, 6.45) is 2.57. The number of carboxylic acids is 1. The van der Waals surface area contributed by atoms with E-state index in [4.69, 9.17) is 10.2 Å². The number of amides is 1. The van der Waals surface area contributed by atoms with Gasteiger partial charge in [0.1, 0.15) is 11.7 Å². The summed E-state index contributed by atoms with van der Waals surface area (Å²) < 4.78 is 0. The fraction of sp³-hybridized carbons (Fsp3) is 0.375. The van der Waals surface area contributed by atoms with Crippen LogP contribution in [0, 0.1) is 0 Å². The van der Waals surface area contributed by atoms with Crippen molar-refractivity contribution in [2.75, 3.05) is 6.61 Å². The molecule has 1 amide bonds. The second-order valence-electron chi connectivity index (χ2n) is 2.84. The first-order valence-electron chi connectivity index (χ1n) is 4.28. The standard InChI is InChI=1S/C8H11N3O4/c12-2-1-5(8(14)15)11-7(13)6-3-9-4-10-6/h3-5,12H,1-2H2,(H,9,10)(H,11,13)(H,14,15)/t5-/m1/s1. The predicted octanol–water partition coefficient (Wildman–Crippen LogP) is -1.02. The fourth-order valence-corrected chi connectivity index (χ4v) is 1.00. The normalized spacial score (nSPS) is 12.1. The van der Waals surface area contributed by atoms with Gasteiger partial charge in [-0.1, -0.05) is 0 Å². The lowest BCUT2D eigenvalue weighted by Gasteiger charge is -2.11. The van der Waals surface area contributed by atoms with E-state index in [1.165, 1.54) is 12.5 Å². The molecular weight excluding hydrogens is 202 g/mol. The summed E-state index contributed by atoms with van der Waals surface area (Å²) in [5.41, 5.74) is 0.180. The Morgan fingerprint density at radius 3 is 2.80 bits per heavy atom. The third-order valence-corrected chi connectivity index (χ3v) is 1.76. The quantitative estimate of drug-likeness (QED) is 0.499. The maximum atomic E-state index is 11.4. The predicted molar refractivity (Wildman–Crippen MR) is 49.2 cm³/mol. The summed E-state index contributed by atoms with van der Waals surface area (Å²) in [6.45, 7) is -0.305. The highest BCUT2D eigenvalue weighted by Gasteiger charge is 2.20. The minimum Gasteiger partial charge on any atom is -0.480 e. The molecule has 0 aliphatic carbocycles. The van der Waals surface area contributed by atoms with Gasteiger partial charge in [-0.05, 0) is 0 Å². The third kappa shape index (κ3) is 3.06. The van der Waals surface area contributed by atoms with Gasteiger partial charge in [0.05, 0.1) is 12.5 Å². The minimum absolute atomic E-state index is 0.0325. The molecule has 0 saturated heterocycles. The Balaban J connectivity index is 2.59. The lowest BCUT2D eigenvalue weighted by atomic mass is 10.2. The van der Waals surface area contributed by atoms with Crippen LogP contribution in [0.1, 0.15) is 16.9 Å². The van der Waals surface area contributed by atoms with Crippen LogP contribution < -0.4 is 5.32 Å². The molecule has 0 spiro atoms. The smallest absolute Gasteiger partial charge is 0.326 e. The van der Waals surface area contributed by atoms with Crippen molar-refractivity contribution in [2.24, 2.45) is 0 Å². The number of aliphatic carboxylic acids is 1. The molecule has 1 aromatic heterocycles. The van der Waals surface area contributed by atoms with Gasteiger partial charge in [-0.2, -0.15) is 0 Å².